The van der Waals surface area contributed by atoms with Crippen LogP contribution in [-0.2, 0) is 0 Å². The lowest BCUT2D eigenvalue weighted by Crippen LogP contribution is -2.43. The highest BCUT2D eigenvalue weighted by molar-refractivity contribution is 5.32. The van der Waals surface area contributed by atoms with E-state index in [4.69, 9.17) is 10.5 Å². The maximum absolute atomic E-state index is 13.4. The Morgan fingerprint density at radius 3 is 2.62 bits per heavy atom. The van der Waals surface area contributed by atoms with Gasteiger partial charge in [-0.2, -0.15) is 0 Å². The minimum atomic E-state index is -0.160. The van der Waals surface area contributed by atoms with Gasteiger partial charge in [0.15, 0.2) is 0 Å². The second-order valence-electron chi connectivity index (χ2n) is 4.81. The average molecular weight is 223 g/mol. The molecule has 0 spiro atoms. The number of benzene rings is 1. The first-order valence-corrected chi connectivity index (χ1v) is 5.78. The number of nitrogens with two attached hydrogens (primary N) is 1. The van der Waals surface area contributed by atoms with Crippen molar-refractivity contribution in [1.82, 2.24) is 0 Å². The fourth-order valence-electron chi connectivity index (χ4n) is 1.93. The van der Waals surface area contributed by atoms with E-state index in [2.05, 4.69) is 0 Å². The summed E-state index contributed by atoms with van der Waals surface area (Å²) in [5, 5.41) is 0. The molecule has 0 amide bonds. The van der Waals surface area contributed by atoms with Gasteiger partial charge in [0.2, 0.25) is 0 Å². The zero-order chi connectivity index (χ0) is 11.7. The number of hydrogen-bond donors (Lipinski definition) is 1. The minimum absolute atomic E-state index is 0.160. The Hall–Kier alpha value is -1.09. The maximum atomic E-state index is 13.4. The summed E-state index contributed by atoms with van der Waals surface area (Å²) in [4.78, 5) is 0. The van der Waals surface area contributed by atoms with Gasteiger partial charge in [-0.3, -0.25) is 0 Å². The maximum Gasteiger partial charge on any atom is 0.126 e. The lowest BCUT2D eigenvalue weighted by molar-refractivity contribution is 0.101. The number of ether oxygens (including phenoxy) is 1. The molecule has 1 fully saturated rings. The van der Waals surface area contributed by atoms with E-state index in [0.717, 1.165) is 18.6 Å². The zero-order valence-corrected chi connectivity index (χ0v) is 9.74. The summed E-state index contributed by atoms with van der Waals surface area (Å²) in [6.45, 7) is 3.95. The van der Waals surface area contributed by atoms with Crippen LogP contribution in [0, 0.1) is 5.82 Å². The molecule has 2 rings (SSSR count). The van der Waals surface area contributed by atoms with E-state index >= 15 is 0 Å². The van der Waals surface area contributed by atoms with Crippen LogP contribution in [0.2, 0.25) is 0 Å². The molecule has 88 valence electrons. The Labute approximate surface area is 95.6 Å². The molecule has 2 nitrogen and oxygen atoms in total. The first-order valence-electron chi connectivity index (χ1n) is 5.78. The lowest BCUT2D eigenvalue weighted by atomic mass is 9.90. The molecule has 0 saturated heterocycles. The summed E-state index contributed by atoms with van der Waals surface area (Å²) in [6, 6.07) is 5.23. The predicted octanol–water partition coefficient (Wildman–Crippen LogP) is 2.82. The molecular formula is C13H18FNO. The van der Waals surface area contributed by atoms with Crippen LogP contribution in [0.15, 0.2) is 18.2 Å². The molecule has 0 radical (unpaired) electrons. The summed E-state index contributed by atoms with van der Waals surface area (Å²) >= 11 is 0. The lowest BCUT2D eigenvalue weighted by Gasteiger charge is -2.32. The van der Waals surface area contributed by atoms with Crippen LogP contribution in [0.3, 0.4) is 0 Å². The third-order valence-electron chi connectivity index (χ3n) is 3.02. The summed E-state index contributed by atoms with van der Waals surface area (Å²) in [5.74, 6) is 0.766. The van der Waals surface area contributed by atoms with Crippen LogP contribution in [0.4, 0.5) is 4.39 Å². The van der Waals surface area contributed by atoms with Crippen molar-refractivity contribution >= 4 is 0 Å². The van der Waals surface area contributed by atoms with Crippen LogP contribution in [0.1, 0.15) is 38.2 Å². The van der Waals surface area contributed by atoms with Gasteiger partial charge in [-0.25, -0.2) is 4.39 Å². The van der Waals surface area contributed by atoms with Crippen LogP contribution in [0.5, 0.6) is 5.75 Å². The van der Waals surface area contributed by atoms with Crippen LogP contribution in [0.25, 0.3) is 0 Å². The first-order chi connectivity index (χ1) is 7.56. The smallest absolute Gasteiger partial charge is 0.126 e. The molecule has 16 heavy (non-hydrogen) atoms. The fourth-order valence-corrected chi connectivity index (χ4v) is 1.93. The normalized spacial score (nSPS) is 24.3. The van der Waals surface area contributed by atoms with Gasteiger partial charge >= 0.3 is 0 Å². The van der Waals surface area contributed by atoms with Gasteiger partial charge in [-0.1, -0.05) is 13.8 Å². The van der Waals surface area contributed by atoms with E-state index in [1.54, 1.807) is 12.1 Å². The molecule has 0 heterocycles. The number of rotatable bonds is 3. The number of hydrogen-bond acceptors (Lipinski definition) is 2. The van der Waals surface area contributed by atoms with Crippen molar-refractivity contribution in [2.75, 3.05) is 0 Å². The zero-order valence-electron chi connectivity index (χ0n) is 9.74. The topological polar surface area (TPSA) is 35.2 Å². The molecule has 0 aliphatic heterocycles. The molecule has 0 unspecified atom stereocenters. The Morgan fingerprint density at radius 1 is 1.38 bits per heavy atom. The highest BCUT2D eigenvalue weighted by Gasteiger charge is 2.27. The van der Waals surface area contributed by atoms with Gasteiger partial charge < -0.3 is 10.5 Å². The van der Waals surface area contributed by atoms with Gasteiger partial charge in [-0.05, 0) is 42.5 Å². The highest BCUT2D eigenvalue weighted by atomic mass is 19.1. The van der Waals surface area contributed by atoms with E-state index in [-0.39, 0.29) is 23.9 Å². The summed E-state index contributed by atoms with van der Waals surface area (Å²) in [6.07, 6.45) is 2.00. The SMILES string of the molecule is CC(C)c1cc(OC2CC(N)C2)ccc1F. The van der Waals surface area contributed by atoms with Crippen molar-refractivity contribution < 1.29 is 9.13 Å². The van der Waals surface area contributed by atoms with Crippen molar-refractivity contribution in [3.8, 4) is 5.75 Å². The van der Waals surface area contributed by atoms with Crippen LogP contribution in [-0.4, -0.2) is 12.1 Å². The second kappa shape index (κ2) is 4.42. The van der Waals surface area contributed by atoms with E-state index in [1.807, 2.05) is 13.8 Å². The molecule has 3 heteroatoms. The molecule has 1 aliphatic carbocycles. The molecule has 1 aromatic rings. The van der Waals surface area contributed by atoms with Gasteiger partial charge in [-0.15, -0.1) is 0 Å². The minimum Gasteiger partial charge on any atom is -0.490 e. The van der Waals surface area contributed by atoms with Crippen molar-refractivity contribution in [2.45, 2.75) is 44.8 Å². The quantitative estimate of drug-likeness (QED) is 0.855. The summed E-state index contributed by atoms with van der Waals surface area (Å²) in [7, 11) is 0. The van der Waals surface area contributed by atoms with E-state index in [1.165, 1.54) is 6.07 Å². The Bertz CT molecular complexity index is 372. The van der Waals surface area contributed by atoms with E-state index in [9.17, 15) is 4.39 Å². The molecule has 1 aromatic carbocycles. The average Bonchev–Trinajstić information content (AvgIpc) is 2.18. The van der Waals surface area contributed by atoms with Crippen LogP contribution >= 0.6 is 0 Å². The second-order valence-corrected chi connectivity index (χ2v) is 4.81. The number of halogens is 1. The van der Waals surface area contributed by atoms with Crippen molar-refractivity contribution in [1.29, 1.82) is 0 Å². The third-order valence-corrected chi connectivity index (χ3v) is 3.02. The molecule has 1 aliphatic rings. The van der Waals surface area contributed by atoms with E-state index < -0.39 is 0 Å². The van der Waals surface area contributed by atoms with E-state index in [0.29, 0.717) is 5.56 Å². The fraction of sp³-hybridized carbons (Fsp3) is 0.538. The summed E-state index contributed by atoms with van der Waals surface area (Å²) in [5.41, 5.74) is 6.39. The molecular weight excluding hydrogens is 205 g/mol. The first kappa shape index (κ1) is 11.4. The van der Waals surface area contributed by atoms with Crippen molar-refractivity contribution in [3.05, 3.63) is 29.6 Å². The van der Waals surface area contributed by atoms with Gasteiger partial charge in [0.05, 0.1) is 0 Å². The predicted molar refractivity (Wildman–Crippen MR) is 62.1 cm³/mol. The van der Waals surface area contributed by atoms with Gasteiger partial charge in [0, 0.05) is 6.04 Å². The van der Waals surface area contributed by atoms with Crippen LogP contribution < -0.4 is 10.5 Å². The van der Waals surface area contributed by atoms with Gasteiger partial charge in [0.1, 0.15) is 17.7 Å². The molecule has 0 bridgehead atoms. The Kier molecular flexibility index (Phi) is 3.15. The Balaban J connectivity index is 2.07. The molecule has 1 saturated carbocycles. The molecule has 0 atom stereocenters. The Morgan fingerprint density at radius 2 is 2.06 bits per heavy atom. The standard InChI is InChI=1S/C13H18FNO/c1-8(2)12-7-10(3-4-13(12)14)16-11-5-9(15)6-11/h3-4,7-9,11H,5-6,15H2,1-2H3. The third kappa shape index (κ3) is 2.35. The van der Waals surface area contributed by atoms with Crippen molar-refractivity contribution in [3.63, 3.8) is 0 Å². The van der Waals surface area contributed by atoms with Gasteiger partial charge in [0.25, 0.3) is 0 Å². The highest BCUT2D eigenvalue weighted by Crippen LogP contribution is 2.28. The molecule has 2 N–H and O–H groups in total. The summed E-state index contributed by atoms with van der Waals surface area (Å²) < 4.78 is 19.2. The largest absolute Gasteiger partial charge is 0.490 e. The van der Waals surface area contributed by atoms with Crippen molar-refractivity contribution in [2.24, 2.45) is 5.73 Å². The monoisotopic (exact) mass is 223 g/mol. The molecule has 0 aromatic heterocycles.